The van der Waals surface area contributed by atoms with Crippen molar-refractivity contribution < 1.29 is 9.59 Å². The number of hydrogen-bond donors (Lipinski definition) is 2. The molecule has 2 N–H and O–H groups in total. The summed E-state index contributed by atoms with van der Waals surface area (Å²) >= 11 is 0. The zero-order valence-electron chi connectivity index (χ0n) is 15.6. The van der Waals surface area contributed by atoms with Crippen molar-refractivity contribution in [1.82, 2.24) is 10.3 Å². The number of pyridine rings is 1. The summed E-state index contributed by atoms with van der Waals surface area (Å²) in [6.45, 7) is 0. The summed E-state index contributed by atoms with van der Waals surface area (Å²) in [5, 5.41) is 6.64. The van der Waals surface area contributed by atoms with Crippen LogP contribution in [-0.2, 0) is 4.79 Å². The molecule has 4 rings (SSSR count). The number of carbonyl (C=O) groups is 2. The number of benzene rings is 3. The summed E-state index contributed by atoms with van der Waals surface area (Å²) in [6, 6.07) is 28.3. The first-order valence-electron chi connectivity index (χ1n) is 9.28. The van der Waals surface area contributed by atoms with Gasteiger partial charge < -0.3 is 10.6 Å². The van der Waals surface area contributed by atoms with E-state index in [1.165, 1.54) is 0 Å². The molecule has 4 aromatic rings. The molecule has 1 heterocycles. The summed E-state index contributed by atoms with van der Waals surface area (Å²) in [5.41, 5.74) is 2.36. The molecule has 0 saturated carbocycles. The molecule has 5 heteroatoms. The maximum atomic E-state index is 13.1. The number of nitrogens with zero attached hydrogens (tertiary/aromatic N) is 1. The molecule has 0 aliphatic heterocycles. The molecule has 0 fully saturated rings. The lowest BCUT2D eigenvalue weighted by atomic mass is 10.1. The van der Waals surface area contributed by atoms with Crippen LogP contribution in [0.2, 0.25) is 0 Å². The summed E-state index contributed by atoms with van der Waals surface area (Å²) < 4.78 is 0. The van der Waals surface area contributed by atoms with Crippen molar-refractivity contribution >= 4 is 28.4 Å². The Hall–Kier alpha value is -3.99. The Bertz CT molecular complexity index is 1140. The van der Waals surface area contributed by atoms with Gasteiger partial charge in [0.05, 0.1) is 11.2 Å². The number of rotatable bonds is 5. The highest BCUT2D eigenvalue weighted by Gasteiger charge is 2.25. The fourth-order valence-electron chi connectivity index (χ4n) is 3.06. The van der Waals surface area contributed by atoms with Crippen molar-refractivity contribution in [2.45, 2.75) is 6.04 Å². The number of hydrogen-bond acceptors (Lipinski definition) is 3. The van der Waals surface area contributed by atoms with Crippen LogP contribution in [0.4, 0.5) is 5.69 Å². The summed E-state index contributed by atoms with van der Waals surface area (Å²) in [4.78, 5) is 30.4. The van der Waals surface area contributed by atoms with Gasteiger partial charge in [0.2, 0.25) is 0 Å². The molecule has 0 spiro atoms. The Labute approximate surface area is 168 Å². The third kappa shape index (κ3) is 4.30. The third-order valence-electron chi connectivity index (χ3n) is 4.53. The van der Waals surface area contributed by atoms with Gasteiger partial charge in [0.25, 0.3) is 11.8 Å². The molecule has 0 radical (unpaired) electrons. The van der Waals surface area contributed by atoms with E-state index in [4.69, 9.17) is 0 Å². The fourth-order valence-corrected chi connectivity index (χ4v) is 3.06. The van der Waals surface area contributed by atoms with Crippen molar-refractivity contribution in [3.05, 3.63) is 108 Å². The molecule has 0 saturated heterocycles. The lowest BCUT2D eigenvalue weighted by molar-refractivity contribution is -0.118. The molecule has 0 aliphatic carbocycles. The van der Waals surface area contributed by atoms with Crippen molar-refractivity contribution in [1.29, 1.82) is 0 Å². The van der Waals surface area contributed by atoms with Crippen LogP contribution in [0.15, 0.2) is 97.1 Å². The number of carbonyl (C=O) groups excluding carboxylic acids is 2. The van der Waals surface area contributed by atoms with E-state index >= 15 is 0 Å². The van der Waals surface area contributed by atoms with Gasteiger partial charge in [-0.2, -0.15) is 0 Å². The highest BCUT2D eigenvalue weighted by atomic mass is 16.2. The predicted octanol–water partition coefficient (Wildman–Crippen LogP) is 4.34. The van der Waals surface area contributed by atoms with Crippen molar-refractivity contribution in [2.75, 3.05) is 5.32 Å². The average Bonchev–Trinajstić information content (AvgIpc) is 2.78. The molecule has 5 nitrogen and oxygen atoms in total. The quantitative estimate of drug-likeness (QED) is 0.540. The van der Waals surface area contributed by atoms with Crippen LogP contribution in [0.3, 0.4) is 0 Å². The van der Waals surface area contributed by atoms with E-state index < -0.39 is 6.04 Å². The maximum Gasteiger partial charge on any atom is 0.253 e. The van der Waals surface area contributed by atoms with Crippen molar-refractivity contribution in [3.8, 4) is 0 Å². The first-order valence-corrected chi connectivity index (χ1v) is 9.28. The number of nitrogens with one attached hydrogen (secondary N) is 2. The Morgan fingerprint density at radius 3 is 2.14 bits per heavy atom. The fraction of sp³-hybridized carbons (Fsp3) is 0.0417. The molecular weight excluding hydrogens is 362 g/mol. The standard InChI is InChI=1S/C24H19N3O2/c28-23(18-10-3-1-4-11-18)27-22(24(29)25-19-12-5-2-6-13-19)21-16-15-17-9-7-8-14-20(17)26-21/h1-16,22H,(H,25,29)(H,27,28). The Kier molecular flexibility index (Phi) is 5.29. The minimum Gasteiger partial charge on any atom is -0.335 e. The lowest BCUT2D eigenvalue weighted by Gasteiger charge is -2.19. The highest BCUT2D eigenvalue weighted by Crippen LogP contribution is 2.19. The predicted molar refractivity (Wildman–Crippen MR) is 113 cm³/mol. The van der Waals surface area contributed by atoms with Gasteiger partial charge in [0.1, 0.15) is 0 Å². The van der Waals surface area contributed by atoms with E-state index in [2.05, 4.69) is 15.6 Å². The second-order valence-electron chi connectivity index (χ2n) is 6.56. The number of anilines is 1. The van der Waals surface area contributed by atoms with E-state index in [1.807, 2.05) is 54.6 Å². The van der Waals surface area contributed by atoms with Crippen molar-refractivity contribution in [2.24, 2.45) is 0 Å². The zero-order valence-corrected chi connectivity index (χ0v) is 15.6. The van der Waals surface area contributed by atoms with Gasteiger partial charge in [-0.05, 0) is 36.4 Å². The Morgan fingerprint density at radius 2 is 1.38 bits per heavy atom. The number of amides is 2. The van der Waals surface area contributed by atoms with Gasteiger partial charge in [-0.25, -0.2) is 0 Å². The van der Waals surface area contributed by atoms with Gasteiger partial charge in [0.15, 0.2) is 6.04 Å². The van der Waals surface area contributed by atoms with E-state index in [0.29, 0.717) is 16.9 Å². The smallest absolute Gasteiger partial charge is 0.253 e. The monoisotopic (exact) mass is 381 g/mol. The Balaban J connectivity index is 1.67. The molecule has 3 aromatic carbocycles. The van der Waals surface area contributed by atoms with Gasteiger partial charge in [-0.1, -0.05) is 60.7 Å². The van der Waals surface area contributed by atoms with Crippen LogP contribution in [0.25, 0.3) is 10.9 Å². The van der Waals surface area contributed by atoms with Crippen LogP contribution < -0.4 is 10.6 Å². The van der Waals surface area contributed by atoms with Gasteiger partial charge in [-0.3, -0.25) is 14.6 Å². The van der Waals surface area contributed by atoms with Crippen LogP contribution in [-0.4, -0.2) is 16.8 Å². The average molecular weight is 381 g/mol. The SMILES string of the molecule is O=C(NC(C(=O)Nc1ccccc1)c1ccc2ccccc2n1)c1ccccc1. The first-order chi connectivity index (χ1) is 14.2. The largest absolute Gasteiger partial charge is 0.335 e. The molecule has 2 amide bonds. The lowest BCUT2D eigenvalue weighted by Crippen LogP contribution is -2.37. The molecule has 0 aliphatic rings. The molecular formula is C24H19N3O2. The number of para-hydroxylation sites is 2. The molecule has 29 heavy (non-hydrogen) atoms. The molecule has 1 aromatic heterocycles. The summed E-state index contributed by atoms with van der Waals surface area (Å²) in [7, 11) is 0. The molecule has 0 bridgehead atoms. The van der Waals surface area contributed by atoms with Crippen LogP contribution in [0.1, 0.15) is 22.1 Å². The minimum atomic E-state index is -0.937. The van der Waals surface area contributed by atoms with Crippen LogP contribution in [0, 0.1) is 0 Å². The van der Waals surface area contributed by atoms with E-state index in [0.717, 1.165) is 10.9 Å². The Morgan fingerprint density at radius 1 is 0.724 bits per heavy atom. The minimum absolute atomic E-state index is 0.339. The van der Waals surface area contributed by atoms with Crippen molar-refractivity contribution in [3.63, 3.8) is 0 Å². The second-order valence-corrected chi connectivity index (χ2v) is 6.56. The van der Waals surface area contributed by atoms with E-state index in [-0.39, 0.29) is 11.8 Å². The second kappa shape index (κ2) is 8.35. The van der Waals surface area contributed by atoms with Gasteiger partial charge >= 0.3 is 0 Å². The van der Waals surface area contributed by atoms with E-state index in [1.54, 1.807) is 42.5 Å². The molecule has 1 atom stereocenters. The molecule has 142 valence electrons. The highest BCUT2D eigenvalue weighted by molar-refractivity contribution is 6.01. The maximum absolute atomic E-state index is 13.1. The summed E-state index contributed by atoms with van der Waals surface area (Å²) in [6.07, 6.45) is 0. The van der Waals surface area contributed by atoms with Crippen LogP contribution >= 0.6 is 0 Å². The zero-order chi connectivity index (χ0) is 20.1. The first kappa shape index (κ1) is 18.4. The van der Waals surface area contributed by atoms with Crippen LogP contribution in [0.5, 0.6) is 0 Å². The number of fused-ring (bicyclic) bond motifs is 1. The normalized spacial score (nSPS) is 11.6. The van der Waals surface area contributed by atoms with Gasteiger partial charge in [0, 0.05) is 16.6 Å². The summed E-state index contributed by atoms with van der Waals surface area (Å²) in [5.74, 6) is -0.697. The molecule has 1 unspecified atom stereocenters. The van der Waals surface area contributed by atoms with E-state index in [9.17, 15) is 9.59 Å². The topological polar surface area (TPSA) is 71.1 Å². The van der Waals surface area contributed by atoms with Gasteiger partial charge in [-0.15, -0.1) is 0 Å². The third-order valence-corrected chi connectivity index (χ3v) is 4.53. The number of aromatic nitrogens is 1.